The van der Waals surface area contributed by atoms with E-state index >= 15 is 0 Å². The van der Waals surface area contributed by atoms with Gasteiger partial charge in [-0.15, -0.1) is 0 Å². The Kier molecular flexibility index (Phi) is 5.14. The van der Waals surface area contributed by atoms with Crippen LogP contribution >= 0.6 is 12.2 Å². The van der Waals surface area contributed by atoms with Gasteiger partial charge in [-0.05, 0) is 30.5 Å². The summed E-state index contributed by atoms with van der Waals surface area (Å²) in [4.78, 5) is 15.0. The number of rotatable bonds is 5. The van der Waals surface area contributed by atoms with E-state index in [-0.39, 0.29) is 12.0 Å². The molecule has 0 fully saturated rings. The molecule has 1 aromatic heterocycles. The Hall–Kier alpha value is -1.10. The zero-order valence-electron chi connectivity index (χ0n) is 11.7. The van der Waals surface area contributed by atoms with Gasteiger partial charge in [0.15, 0.2) is 4.77 Å². The monoisotopic (exact) mass is 270 g/mol. The molecule has 18 heavy (non-hydrogen) atoms. The van der Waals surface area contributed by atoms with E-state index in [2.05, 4.69) is 32.7 Å². The number of carbonyl (C=O) groups excluding carboxylic acids is 1. The van der Waals surface area contributed by atoms with Crippen LogP contribution in [-0.4, -0.2) is 22.6 Å². The summed E-state index contributed by atoms with van der Waals surface area (Å²) in [5.74, 6) is 0.462. The molecule has 4 nitrogen and oxygen atoms in total. The molecule has 1 atom stereocenters. The molecule has 1 rings (SSSR count). The lowest BCUT2D eigenvalue weighted by atomic mass is 10.0. The van der Waals surface area contributed by atoms with E-state index in [1.54, 1.807) is 0 Å². The van der Waals surface area contributed by atoms with E-state index in [1.165, 1.54) is 7.11 Å². The molecule has 0 aliphatic carbocycles. The van der Waals surface area contributed by atoms with Gasteiger partial charge in [-0.25, -0.2) is 4.79 Å². The van der Waals surface area contributed by atoms with Crippen LogP contribution in [0.4, 0.5) is 0 Å². The summed E-state index contributed by atoms with van der Waals surface area (Å²) in [6, 6.07) is -0.342. The highest BCUT2D eigenvalue weighted by Crippen LogP contribution is 2.25. The van der Waals surface area contributed by atoms with Crippen LogP contribution in [-0.2, 0) is 9.53 Å². The fraction of sp³-hybridized carbons (Fsp3) is 0.692. The number of ether oxygens (including phenoxy) is 1. The van der Waals surface area contributed by atoms with Crippen molar-refractivity contribution in [1.82, 2.24) is 9.55 Å². The molecule has 0 radical (unpaired) electrons. The van der Waals surface area contributed by atoms with Gasteiger partial charge in [0, 0.05) is 11.9 Å². The van der Waals surface area contributed by atoms with Gasteiger partial charge in [-0.3, -0.25) is 0 Å². The molecule has 0 spiro atoms. The van der Waals surface area contributed by atoms with Gasteiger partial charge < -0.3 is 14.3 Å². The molecular formula is C13H22N2O2S. The van der Waals surface area contributed by atoms with Gasteiger partial charge in [0.05, 0.1) is 7.11 Å². The zero-order chi connectivity index (χ0) is 13.9. The second-order valence-electron chi connectivity index (χ2n) is 5.21. The summed E-state index contributed by atoms with van der Waals surface area (Å²) < 4.78 is 7.38. The van der Waals surface area contributed by atoms with Crippen LogP contribution in [0.25, 0.3) is 0 Å². The summed E-state index contributed by atoms with van der Waals surface area (Å²) >= 11 is 5.29. The Labute approximate surface area is 113 Å². The van der Waals surface area contributed by atoms with Gasteiger partial charge in [-0.1, -0.05) is 27.7 Å². The molecule has 0 aliphatic rings. The van der Waals surface area contributed by atoms with Gasteiger partial charge in [0.1, 0.15) is 6.04 Å². The van der Waals surface area contributed by atoms with Crippen LogP contribution in [0.15, 0.2) is 6.20 Å². The number of nitrogens with one attached hydrogen (secondary N) is 1. The summed E-state index contributed by atoms with van der Waals surface area (Å²) in [6.07, 6.45) is 2.60. The second-order valence-corrected chi connectivity index (χ2v) is 5.60. The largest absolute Gasteiger partial charge is 0.467 e. The van der Waals surface area contributed by atoms with E-state index in [1.807, 2.05) is 10.8 Å². The molecule has 102 valence electrons. The van der Waals surface area contributed by atoms with E-state index in [0.717, 1.165) is 12.1 Å². The summed E-state index contributed by atoms with van der Waals surface area (Å²) in [7, 11) is 1.42. The zero-order valence-corrected chi connectivity index (χ0v) is 12.5. The van der Waals surface area contributed by atoms with Crippen molar-refractivity contribution in [1.29, 1.82) is 0 Å². The van der Waals surface area contributed by atoms with Crippen molar-refractivity contribution in [2.75, 3.05) is 7.11 Å². The van der Waals surface area contributed by atoms with Crippen molar-refractivity contribution < 1.29 is 9.53 Å². The van der Waals surface area contributed by atoms with E-state index < -0.39 is 0 Å². The molecular weight excluding hydrogens is 248 g/mol. The van der Waals surface area contributed by atoms with Crippen LogP contribution in [0.2, 0.25) is 0 Å². The van der Waals surface area contributed by atoms with E-state index in [0.29, 0.717) is 16.6 Å². The first-order chi connectivity index (χ1) is 8.38. The molecule has 1 N–H and O–H groups in total. The predicted molar refractivity (Wildman–Crippen MR) is 74.2 cm³/mol. The molecule has 0 aliphatic heterocycles. The molecule has 0 bridgehead atoms. The molecule has 0 amide bonds. The third-order valence-electron chi connectivity index (χ3n) is 2.91. The van der Waals surface area contributed by atoms with Crippen molar-refractivity contribution in [2.45, 2.75) is 46.1 Å². The number of H-pyrrole nitrogens is 1. The van der Waals surface area contributed by atoms with Crippen molar-refractivity contribution in [2.24, 2.45) is 5.92 Å². The minimum atomic E-state index is -0.342. The molecule has 0 saturated heterocycles. The molecule has 0 aromatic carbocycles. The Morgan fingerprint density at radius 1 is 1.44 bits per heavy atom. The number of nitrogens with zero attached hydrogens (tertiary/aromatic N) is 1. The fourth-order valence-electron chi connectivity index (χ4n) is 2.05. The first kappa shape index (κ1) is 15.0. The second kappa shape index (κ2) is 6.18. The van der Waals surface area contributed by atoms with Crippen molar-refractivity contribution in [3.8, 4) is 0 Å². The maximum atomic E-state index is 12.0. The number of methoxy groups -OCH3 is 1. The smallest absolute Gasteiger partial charge is 0.328 e. The van der Waals surface area contributed by atoms with Gasteiger partial charge in [0.25, 0.3) is 0 Å². The van der Waals surface area contributed by atoms with Crippen LogP contribution in [0.3, 0.4) is 0 Å². The highest BCUT2D eigenvalue weighted by molar-refractivity contribution is 7.71. The van der Waals surface area contributed by atoms with Gasteiger partial charge in [-0.2, -0.15) is 0 Å². The minimum Gasteiger partial charge on any atom is -0.467 e. The minimum absolute atomic E-state index is 0.235. The number of aromatic nitrogens is 2. The lowest BCUT2D eigenvalue weighted by Gasteiger charge is -2.21. The van der Waals surface area contributed by atoms with E-state index in [4.69, 9.17) is 17.0 Å². The molecule has 1 aromatic rings. The van der Waals surface area contributed by atoms with Crippen molar-refractivity contribution in [3.63, 3.8) is 0 Å². The Bertz CT molecular complexity index is 460. The molecule has 1 unspecified atom stereocenters. The number of hydrogen-bond acceptors (Lipinski definition) is 3. The molecule has 1 heterocycles. The maximum absolute atomic E-state index is 12.0. The summed E-state index contributed by atoms with van der Waals surface area (Å²) in [5, 5.41) is 0. The average Bonchev–Trinajstić information content (AvgIpc) is 2.66. The third kappa shape index (κ3) is 3.22. The Morgan fingerprint density at radius 3 is 2.50 bits per heavy atom. The van der Waals surface area contributed by atoms with Gasteiger partial charge >= 0.3 is 5.97 Å². The predicted octanol–water partition coefficient (Wildman–Crippen LogP) is 3.43. The SMILES string of the molecule is COC(=O)C(CC(C)C)n1c(C(C)C)c[nH]c1=S. The molecule has 0 saturated carbocycles. The fourth-order valence-corrected chi connectivity index (χ4v) is 2.34. The quantitative estimate of drug-likeness (QED) is 0.658. The summed E-state index contributed by atoms with van der Waals surface area (Å²) in [6.45, 7) is 8.33. The van der Waals surface area contributed by atoms with E-state index in [9.17, 15) is 4.79 Å². The first-order valence-electron chi connectivity index (χ1n) is 6.26. The Balaban J connectivity index is 3.24. The van der Waals surface area contributed by atoms with Crippen LogP contribution < -0.4 is 0 Å². The standard InChI is InChI=1S/C13H22N2O2S/c1-8(2)6-10(12(16)17-5)15-11(9(3)4)7-14-13(15)18/h7-10H,6H2,1-5H3,(H,14,18). The lowest BCUT2D eigenvalue weighted by Crippen LogP contribution is -2.24. The normalized spacial score (nSPS) is 13.1. The number of esters is 1. The maximum Gasteiger partial charge on any atom is 0.328 e. The highest BCUT2D eigenvalue weighted by atomic mass is 32.1. The number of carbonyl (C=O) groups is 1. The Morgan fingerprint density at radius 2 is 2.06 bits per heavy atom. The molecule has 5 heteroatoms. The highest BCUT2D eigenvalue weighted by Gasteiger charge is 2.26. The van der Waals surface area contributed by atoms with Gasteiger partial charge in [0.2, 0.25) is 0 Å². The van der Waals surface area contributed by atoms with Crippen molar-refractivity contribution >= 4 is 18.2 Å². The number of imidazole rings is 1. The topological polar surface area (TPSA) is 47.0 Å². The lowest BCUT2D eigenvalue weighted by molar-refractivity contribution is -0.145. The number of aromatic amines is 1. The number of hydrogen-bond donors (Lipinski definition) is 1. The summed E-state index contributed by atoms with van der Waals surface area (Å²) in [5.41, 5.74) is 1.04. The van der Waals surface area contributed by atoms with Crippen LogP contribution in [0, 0.1) is 10.7 Å². The van der Waals surface area contributed by atoms with Crippen LogP contribution in [0.1, 0.15) is 51.8 Å². The third-order valence-corrected chi connectivity index (χ3v) is 3.23. The first-order valence-corrected chi connectivity index (χ1v) is 6.66. The van der Waals surface area contributed by atoms with Crippen LogP contribution in [0.5, 0.6) is 0 Å². The van der Waals surface area contributed by atoms with Crippen molar-refractivity contribution in [3.05, 3.63) is 16.7 Å². The average molecular weight is 270 g/mol.